The maximum Gasteiger partial charge on any atom is 0.141 e. The lowest BCUT2D eigenvalue weighted by Crippen LogP contribution is -2.10. The van der Waals surface area contributed by atoms with E-state index in [2.05, 4.69) is 0 Å². The van der Waals surface area contributed by atoms with Gasteiger partial charge >= 0.3 is 0 Å². The maximum absolute atomic E-state index is 5.72. The molecule has 0 unspecified atom stereocenters. The molecule has 1 aliphatic carbocycles. The number of halogens is 3. The van der Waals surface area contributed by atoms with Crippen molar-refractivity contribution in [1.29, 1.82) is 0 Å². The number of hydrogen-bond donors (Lipinski definition) is 0. The van der Waals surface area contributed by atoms with E-state index in [1.165, 1.54) is 0 Å². The summed E-state index contributed by atoms with van der Waals surface area (Å²) in [6.07, 6.45) is 5.76. The molecule has 0 spiro atoms. The molecular formula is C6H5Cl3. The molecule has 1 aliphatic rings. The number of hydrogen-bond acceptors (Lipinski definition) is 0. The van der Waals surface area contributed by atoms with E-state index < -0.39 is 4.33 Å². The summed E-state index contributed by atoms with van der Waals surface area (Å²) in [5.41, 5.74) is 0. The Morgan fingerprint density at radius 2 is 2.11 bits per heavy atom. The van der Waals surface area contributed by atoms with Gasteiger partial charge in [-0.2, -0.15) is 0 Å². The maximum atomic E-state index is 5.72. The molecule has 0 aromatic heterocycles. The van der Waals surface area contributed by atoms with Crippen LogP contribution in [0, 0.1) is 0 Å². The first kappa shape index (κ1) is 7.46. The van der Waals surface area contributed by atoms with Crippen LogP contribution >= 0.6 is 34.8 Å². The summed E-state index contributed by atoms with van der Waals surface area (Å²) in [6.45, 7) is 0. The summed E-state index contributed by atoms with van der Waals surface area (Å²) < 4.78 is -0.786. The molecular weight excluding hydrogens is 178 g/mol. The summed E-state index contributed by atoms with van der Waals surface area (Å²) in [5.74, 6) is 0. The van der Waals surface area contributed by atoms with Gasteiger partial charge < -0.3 is 0 Å². The number of allylic oxidation sites excluding steroid dienone is 4. The minimum Gasteiger partial charge on any atom is -0.0966 e. The largest absolute Gasteiger partial charge is 0.141 e. The molecule has 0 saturated carbocycles. The predicted octanol–water partition coefficient (Wildman–Crippen LogP) is 3.24. The van der Waals surface area contributed by atoms with E-state index in [9.17, 15) is 0 Å². The molecule has 0 bridgehead atoms. The molecule has 0 fully saturated rings. The number of rotatable bonds is 0. The molecule has 0 amide bonds. The Kier molecular flexibility index (Phi) is 2.10. The Balaban J connectivity index is 2.73. The molecule has 9 heavy (non-hydrogen) atoms. The second-order valence-corrected chi connectivity index (χ2v) is 3.94. The summed E-state index contributed by atoms with van der Waals surface area (Å²) in [4.78, 5) is 0. The third kappa shape index (κ3) is 2.21. The highest BCUT2D eigenvalue weighted by atomic mass is 35.5. The van der Waals surface area contributed by atoms with Gasteiger partial charge in [-0.05, 0) is 12.2 Å². The highest BCUT2D eigenvalue weighted by Gasteiger charge is 2.22. The van der Waals surface area contributed by atoms with Crippen LogP contribution in [0.3, 0.4) is 0 Å². The highest BCUT2D eigenvalue weighted by Crippen LogP contribution is 2.34. The average Bonchev–Trinajstić information content (AvgIpc) is 1.60. The first-order chi connectivity index (χ1) is 4.10. The fourth-order valence-corrected chi connectivity index (χ4v) is 1.49. The van der Waals surface area contributed by atoms with E-state index in [0.29, 0.717) is 11.5 Å². The Hall–Kier alpha value is 0.350. The minimum absolute atomic E-state index is 0.508. The van der Waals surface area contributed by atoms with Gasteiger partial charge in [-0.25, -0.2) is 0 Å². The fourth-order valence-electron chi connectivity index (χ4n) is 0.636. The van der Waals surface area contributed by atoms with Gasteiger partial charge in [-0.15, -0.1) is 0 Å². The van der Waals surface area contributed by atoms with Gasteiger partial charge in [0.1, 0.15) is 4.33 Å². The molecule has 0 heterocycles. The molecule has 0 atom stereocenters. The topological polar surface area (TPSA) is 0 Å². The van der Waals surface area contributed by atoms with E-state index in [1.807, 2.05) is 0 Å². The minimum atomic E-state index is -0.786. The zero-order valence-corrected chi connectivity index (χ0v) is 6.84. The van der Waals surface area contributed by atoms with Crippen molar-refractivity contribution in [2.75, 3.05) is 0 Å². The zero-order chi connectivity index (χ0) is 6.91. The Morgan fingerprint density at radius 1 is 1.44 bits per heavy atom. The van der Waals surface area contributed by atoms with Crippen molar-refractivity contribution in [3.05, 3.63) is 23.3 Å². The van der Waals surface area contributed by atoms with Crippen molar-refractivity contribution in [1.82, 2.24) is 0 Å². The van der Waals surface area contributed by atoms with Crippen molar-refractivity contribution in [3.8, 4) is 0 Å². The smallest absolute Gasteiger partial charge is 0.0966 e. The van der Waals surface area contributed by atoms with E-state index in [-0.39, 0.29) is 0 Å². The number of alkyl halides is 2. The lowest BCUT2D eigenvalue weighted by atomic mass is 10.2. The predicted molar refractivity (Wildman–Crippen MR) is 42.1 cm³/mol. The second-order valence-electron chi connectivity index (χ2n) is 1.91. The normalized spacial score (nSPS) is 23.7. The molecule has 0 radical (unpaired) electrons. The van der Waals surface area contributed by atoms with Gasteiger partial charge in [0.15, 0.2) is 0 Å². The van der Waals surface area contributed by atoms with E-state index in [4.69, 9.17) is 34.8 Å². The van der Waals surface area contributed by atoms with E-state index >= 15 is 0 Å². The van der Waals surface area contributed by atoms with Crippen LogP contribution in [0.15, 0.2) is 23.3 Å². The third-order valence-electron chi connectivity index (χ3n) is 1.02. The first-order valence-corrected chi connectivity index (χ1v) is 3.65. The van der Waals surface area contributed by atoms with Crippen LogP contribution < -0.4 is 0 Å². The Labute approximate surface area is 69.1 Å². The summed E-state index contributed by atoms with van der Waals surface area (Å²) in [6, 6.07) is 0. The summed E-state index contributed by atoms with van der Waals surface area (Å²) in [5, 5.41) is 0.697. The molecule has 0 aromatic rings. The van der Waals surface area contributed by atoms with E-state index in [0.717, 1.165) is 0 Å². The van der Waals surface area contributed by atoms with Gasteiger partial charge in [0.2, 0.25) is 0 Å². The second kappa shape index (κ2) is 2.53. The van der Waals surface area contributed by atoms with Gasteiger partial charge in [0.25, 0.3) is 0 Å². The molecule has 0 nitrogen and oxygen atoms in total. The van der Waals surface area contributed by atoms with Crippen LogP contribution in [-0.4, -0.2) is 4.33 Å². The quantitative estimate of drug-likeness (QED) is 0.506. The fraction of sp³-hybridized carbons (Fsp3) is 0.333. The molecule has 0 saturated heterocycles. The van der Waals surface area contributed by atoms with Crippen LogP contribution in [0.4, 0.5) is 0 Å². The van der Waals surface area contributed by atoms with E-state index in [1.54, 1.807) is 18.2 Å². The average molecular weight is 183 g/mol. The SMILES string of the molecule is ClC1=CC=CC(Cl)(Cl)C1. The van der Waals surface area contributed by atoms with Crippen molar-refractivity contribution < 1.29 is 0 Å². The van der Waals surface area contributed by atoms with Gasteiger partial charge in [-0.3, -0.25) is 0 Å². The van der Waals surface area contributed by atoms with Gasteiger partial charge in [0.05, 0.1) is 0 Å². The molecule has 0 aliphatic heterocycles. The highest BCUT2D eigenvalue weighted by molar-refractivity contribution is 6.50. The summed E-state index contributed by atoms with van der Waals surface area (Å²) in [7, 11) is 0. The van der Waals surface area contributed by atoms with Gasteiger partial charge in [-0.1, -0.05) is 40.9 Å². The van der Waals surface area contributed by atoms with Crippen molar-refractivity contribution in [2.24, 2.45) is 0 Å². The van der Waals surface area contributed by atoms with Crippen molar-refractivity contribution in [3.63, 3.8) is 0 Å². The molecule has 50 valence electrons. The van der Waals surface area contributed by atoms with Crippen LogP contribution in [0.5, 0.6) is 0 Å². The molecule has 1 rings (SSSR count). The monoisotopic (exact) mass is 182 g/mol. The lowest BCUT2D eigenvalue weighted by molar-refractivity contribution is 0.945. The standard InChI is InChI=1S/C6H5Cl3/c7-5-2-1-3-6(8,9)4-5/h1-3H,4H2. The van der Waals surface area contributed by atoms with Crippen LogP contribution in [-0.2, 0) is 0 Å². The summed E-state index contributed by atoms with van der Waals surface area (Å²) >= 11 is 17.1. The van der Waals surface area contributed by atoms with Gasteiger partial charge in [0, 0.05) is 11.5 Å². The molecule has 0 aromatic carbocycles. The Morgan fingerprint density at radius 3 is 2.44 bits per heavy atom. The van der Waals surface area contributed by atoms with Crippen LogP contribution in [0.25, 0.3) is 0 Å². The van der Waals surface area contributed by atoms with Crippen LogP contribution in [0.1, 0.15) is 6.42 Å². The Bertz CT molecular complexity index is 167. The van der Waals surface area contributed by atoms with Crippen LogP contribution in [0.2, 0.25) is 0 Å². The third-order valence-corrected chi connectivity index (χ3v) is 1.80. The lowest BCUT2D eigenvalue weighted by Gasteiger charge is -2.16. The molecule has 3 heteroatoms. The first-order valence-electron chi connectivity index (χ1n) is 2.52. The van der Waals surface area contributed by atoms with Crippen molar-refractivity contribution >= 4 is 34.8 Å². The van der Waals surface area contributed by atoms with Crippen molar-refractivity contribution in [2.45, 2.75) is 10.8 Å². The molecule has 0 N–H and O–H groups in total. The zero-order valence-electron chi connectivity index (χ0n) is 4.57.